The Morgan fingerprint density at radius 3 is 2.38 bits per heavy atom. The van der Waals surface area contributed by atoms with Crippen molar-refractivity contribution in [1.82, 2.24) is 4.72 Å². The molecule has 0 aliphatic heterocycles. The predicted octanol–water partition coefficient (Wildman–Crippen LogP) is -0.436. The van der Waals surface area contributed by atoms with E-state index in [4.69, 9.17) is 5.14 Å². The van der Waals surface area contributed by atoms with E-state index in [1.54, 1.807) is 6.92 Å². The Balaban J connectivity index is 3.07. The van der Waals surface area contributed by atoms with Crippen LogP contribution in [0.15, 0.2) is 34.1 Å². The minimum absolute atomic E-state index is 0.117. The van der Waals surface area contributed by atoms with Gasteiger partial charge in [0.05, 0.1) is 16.4 Å². The van der Waals surface area contributed by atoms with Gasteiger partial charge in [-0.25, -0.2) is 22.0 Å². The normalized spacial score (nSPS) is 13.7. The minimum atomic E-state index is -4.08. The Hall–Kier alpha value is -1.49. The van der Waals surface area contributed by atoms with Crippen molar-refractivity contribution in [3.8, 4) is 0 Å². The van der Waals surface area contributed by atoms with E-state index in [0.29, 0.717) is 0 Å². The van der Waals surface area contributed by atoms with Crippen LogP contribution in [0.2, 0.25) is 0 Å². The lowest BCUT2D eigenvalue weighted by Gasteiger charge is -2.13. The number of hydrogen-bond donors (Lipinski definition) is 2. The second kappa shape index (κ2) is 6.52. The van der Waals surface area contributed by atoms with Crippen LogP contribution >= 0.6 is 0 Å². The summed E-state index contributed by atoms with van der Waals surface area (Å²) in [5.74, 6) is -0.733. The number of rotatable bonds is 6. The predicted molar refractivity (Wildman–Crippen MR) is 74.2 cm³/mol. The monoisotopic (exact) mass is 336 g/mol. The lowest BCUT2D eigenvalue weighted by Crippen LogP contribution is -2.39. The van der Waals surface area contributed by atoms with Crippen LogP contribution in [0, 0.1) is 0 Å². The summed E-state index contributed by atoms with van der Waals surface area (Å²) in [5, 5.41) is 4.94. The fourth-order valence-electron chi connectivity index (χ4n) is 1.43. The quantitative estimate of drug-likeness (QED) is 0.677. The summed E-state index contributed by atoms with van der Waals surface area (Å²) in [6.07, 6.45) is 0. The maximum atomic E-state index is 12.1. The molecular formula is C11H16N2O6S2. The molecule has 0 aromatic heterocycles. The van der Waals surface area contributed by atoms with Crippen LogP contribution in [0.3, 0.4) is 0 Å². The van der Waals surface area contributed by atoms with Gasteiger partial charge >= 0.3 is 5.97 Å². The lowest BCUT2D eigenvalue weighted by molar-refractivity contribution is -0.144. The minimum Gasteiger partial charge on any atom is -0.465 e. The van der Waals surface area contributed by atoms with E-state index < -0.39 is 32.1 Å². The summed E-state index contributed by atoms with van der Waals surface area (Å²) < 4.78 is 53.4. The molecule has 21 heavy (non-hydrogen) atoms. The zero-order chi connectivity index (χ0) is 16.3. The summed E-state index contributed by atoms with van der Waals surface area (Å²) in [6.45, 7) is 3.03. The molecule has 1 unspecified atom stereocenters. The summed E-state index contributed by atoms with van der Waals surface area (Å²) in [6, 6.07) is 3.41. The van der Waals surface area contributed by atoms with Gasteiger partial charge in [0, 0.05) is 0 Å². The molecule has 0 bridgehead atoms. The Bertz CT molecular complexity index is 727. The number of primary sulfonamides is 1. The second-order valence-electron chi connectivity index (χ2n) is 4.11. The molecule has 0 radical (unpaired) electrons. The molecule has 0 aliphatic carbocycles. The molecule has 1 atom stereocenters. The first kappa shape index (κ1) is 17.6. The van der Waals surface area contributed by atoms with Crippen molar-refractivity contribution in [2.45, 2.75) is 29.7 Å². The number of benzene rings is 1. The van der Waals surface area contributed by atoms with Gasteiger partial charge in [-0.05, 0) is 32.0 Å². The van der Waals surface area contributed by atoms with Crippen molar-refractivity contribution in [1.29, 1.82) is 0 Å². The number of carbonyl (C=O) groups is 1. The van der Waals surface area contributed by atoms with Crippen molar-refractivity contribution in [2.75, 3.05) is 6.61 Å². The molecule has 0 fully saturated rings. The molecule has 1 rings (SSSR count). The van der Waals surface area contributed by atoms with Crippen molar-refractivity contribution in [3.63, 3.8) is 0 Å². The number of esters is 1. The van der Waals surface area contributed by atoms with Gasteiger partial charge in [-0.15, -0.1) is 0 Å². The molecule has 0 saturated carbocycles. The van der Waals surface area contributed by atoms with Crippen LogP contribution in [0.5, 0.6) is 0 Å². The zero-order valence-electron chi connectivity index (χ0n) is 11.4. The summed E-state index contributed by atoms with van der Waals surface area (Å²) in [7, 11) is -8.10. The summed E-state index contributed by atoms with van der Waals surface area (Å²) in [4.78, 5) is 10.8. The van der Waals surface area contributed by atoms with Crippen LogP contribution in [-0.4, -0.2) is 35.5 Å². The third kappa shape index (κ3) is 4.77. The molecule has 10 heteroatoms. The lowest BCUT2D eigenvalue weighted by atomic mass is 10.4. The molecule has 0 amide bonds. The maximum Gasteiger partial charge on any atom is 0.323 e. The average molecular weight is 336 g/mol. The number of hydrogen-bond acceptors (Lipinski definition) is 6. The number of sulfonamides is 2. The van der Waals surface area contributed by atoms with Gasteiger partial charge in [0.25, 0.3) is 0 Å². The first-order valence-electron chi connectivity index (χ1n) is 5.89. The Kier molecular flexibility index (Phi) is 5.45. The van der Waals surface area contributed by atoms with Gasteiger partial charge in [-0.1, -0.05) is 6.07 Å². The van der Waals surface area contributed by atoms with Gasteiger partial charge in [-0.2, -0.15) is 4.72 Å². The van der Waals surface area contributed by atoms with Gasteiger partial charge in [-0.3, -0.25) is 4.79 Å². The van der Waals surface area contributed by atoms with Crippen LogP contribution in [0.1, 0.15) is 13.8 Å². The van der Waals surface area contributed by atoms with Gasteiger partial charge in [0.15, 0.2) is 0 Å². The third-order valence-corrected chi connectivity index (χ3v) is 4.87. The van der Waals surface area contributed by atoms with Crippen LogP contribution in [-0.2, 0) is 29.6 Å². The molecule has 0 saturated heterocycles. The second-order valence-corrected chi connectivity index (χ2v) is 7.39. The Morgan fingerprint density at radius 2 is 1.86 bits per heavy atom. The fraction of sp³-hybridized carbons (Fsp3) is 0.364. The highest BCUT2D eigenvalue weighted by molar-refractivity contribution is 7.90. The summed E-state index contributed by atoms with van der Waals surface area (Å²) >= 11 is 0. The van der Waals surface area contributed by atoms with E-state index >= 15 is 0 Å². The van der Waals surface area contributed by atoms with Crippen LogP contribution in [0.4, 0.5) is 0 Å². The average Bonchev–Trinajstić information content (AvgIpc) is 2.37. The molecule has 8 nitrogen and oxygen atoms in total. The molecule has 1 aromatic carbocycles. The van der Waals surface area contributed by atoms with Gasteiger partial charge < -0.3 is 4.74 Å². The molecule has 0 spiro atoms. The molecule has 3 N–H and O–H groups in total. The third-order valence-electron chi connectivity index (χ3n) is 2.42. The topological polar surface area (TPSA) is 133 Å². The van der Waals surface area contributed by atoms with Gasteiger partial charge in [0.1, 0.15) is 6.04 Å². The highest BCUT2D eigenvalue weighted by atomic mass is 32.2. The van der Waals surface area contributed by atoms with Crippen LogP contribution in [0.25, 0.3) is 0 Å². The SMILES string of the molecule is CCOC(=O)C(C)NS(=O)(=O)c1cccc(S(N)(=O)=O)c1. The van der Waals surface area contributed by atoms with Crippen molar-refractivity contribution in [2.24, 2.45) is 5.14 Å². The highest BCUT2D eigenvalue weighted by Crippen LogP contribution is 2.15. The van der Waals surface area contributed by atoms with Gasteiger partial charge in [0.2, 0.25) is 20.0 Å². The largest absolute Gasteiger partial charge is 0.465 e. The van der Waals surface area contributed by atoms with Crippen molar-refractivity contribution in [3.05, 3.63) is 24.3 Å². The Morgan fingerprint density at radius 1 is 1.29 bits per heavy atom. The molecule has 0 aliphatic rings. The van der Waals surface area contributed by atoms with E-state index in [9.17, 15) is 21.6 Å². The van der Waals surface area contributed by atoms with Crippen LogP contribution < -0.4 is 9.86 Å². The van der Waals surface area contributed by atoms with Crippen molar-refractivity contribution < 1.29 is 26.4 Å². The number of nitrogens with two attached hydrogens (primary N) is 1. The van der Waals surface area contributed by atoms with E-state index in [-0.39, 0.29) is 16.4 Å². The standard InChI is InChI=1S/C11H16N2O6S2/c1-3-19-11(14)8(2)13-21(17,18)10-6-4-5-9(7-10)20(12,15)16/h4-8,13H,3H2,1-2H3,(H2,12,15,16). The smallest absolute Gasteiger partial charge is 0.323 e. The molecule has 0 heterocycles. The number of ether oxygens (including phenoxy) is 1. The van der Waals surface area contributed by atoms with E-state index in [1.165, 1.54) is 25.1 Å². The fourth-order valence-corrected chi connectivity index (χ4v) is 3.31. The first-order chi connectivity index (χ1) is 9.58. The highest BCUT2D eigenvalue weighted by Gasteiger charge is 2.23. The van der Waals surface area contributed by atoms with E-state index in [0.717, 1.165) is 6.07 Å². The van der Waals surface area contributed by atoms with Crippen molar-refractivity contribution >= 4 is 26.0 Å². The van der Waals surface area contributed by atoms with E-state index in [2.05, 4.69) is 9.46 Å². The van der Waals surface area contributed by atoms with E-state index in [1.807, 2.05) is 0 Å². The zero-order valence-corrected chi connectivity index (χ0v) is 13.1. The number of carbonyl (C=O) groups excluding carboxylic acids is 1. The maximum absolute atomic E-state index is 12.1. The first-order valence-corrected chi connectivity index (χ1v) is 8.92. The summed E-state index contributed by atoms with van der Waals surface area (Å²) in [5.41, 5.74) is 0. The molecular weight excluding hydrogens is 320 g/mol. The molecule has 1 aromatic rings. The number of nitrogens with one attached hydrogen (secondary N) is 1. The molecule has 118 valence electrons. The Labute approximate surface area is 123 Å².